The Hall–Kier alpha value is -1.59. The molecule has 1 aromatic rings. The molecule has 1 unspecified atom stereocenters. The third kappa shape index (κ3) is 6.96. The van der Waals surface area contributed by atoms with E-state index in [0.29, 0.717) is 12.5 Å². The van der Waals surface area contributed by atoms with Crippen molar-refractivity contribution in [3.8, 4) is 0 Å². The number of hydrogen-bond acceptors (Lipinski definition) is 3. The van der Waals surface area contributed by atoms with Gasteiger partial charge in [0.05, 0.1) is 13.2 Å². The first-order valence-electron chi connectivity index (χ1n) is 9.61. The van der Waals surface area contributed by atoms with Crippen LogP contribution in [0, 0.1) is 11.3 Å². The summed E-state index contributed by atoms with van der Waals surface area (Å²) in [4.78, 5) is 9.09. The summed E-state index contributed by atoms with van der Waals surface area (Å²) < 4.78 is 5.93. The molecule has 5 heteroatoms. The highest BCUT2D eigenvalue weighted by Crippen LogP contribution is 2.19. The quantitative estimate of drug-likeness (QED) is 0.572. The van der Waals surface area contributed by atoms with Crippen molar-refractivity contribution < 1.29 is 4.74 Å². The van der Waals surface area contributed by atoms with E-state index < -0.39 is 0 Å². The number of guanidine groups is 1. The maximum Gasteiger partial charge on any atom is 0.193 e. The predicted octanol–water partition coefficient (Wildman–Crippen LogP) is 2.69. The Morgan fingerprint density at radius 3 is 2.69 bits per heavy atom. The average Bonchev–Trinajstić information content (AvgIpc) is 3.04. The largest absolute Gasteiger partial charge is 0.376 e. The van der Waals surface area contributed by atoms with Gasteiger partial charge >= 0.3 is 0 Å². The van der Waals surface area contributed by atoms with E-state index in [1.165, 1.54) is 5.56 Å². The molecule has 146 valence electrons. The lowest BCUT2D eigenvalue weighted by molar-refractivity contribution is 0.0906. The number of ether oxygens (including phenoxy) is 1. The monoisotopic (exact) mass is 360 g/mol. The van der Waals surface area contributed by atoms with Gasteiger partial charge in [0.2, 0.25) is 0 Å². The molecule has 1 atom stereocenters. The molecule has 0 spiro atoms. The first-order chi connectivity index (χ1) is 12.4. The Morgan fingerprint density at radius 1 is 1.31 bits per heavy atom. The molecule has 0 radical (unpaired) electrons. The molecule has 0 saturated carbocycles. The minimum absolute atomic E-state index is 0.206. The van der Waals surface area contributed by atoms with Gasteiger partial charge in [0, 0.05) is 39.1 Å². The Morgan fingerprint density at radius 2 is 2.04 bits per heavy atom. The Bertz CT molecular complexity index is 556. The van der Waals surface area contributed by atoms with E-state index in [2.05, 4.69) is 72.3 Å². The van der Waals surface area contributed by atoms with E-state index >= 15 is 0 Å². The summed E-state index contributed by atoms with van der Waals surface area (Å²) >= 11 is 0. The van der Waals surface area contributed by atoms with E-state index in [1.54, 1.807) is 0 Å². The minimum atomic E-state index is 0.206. The summed E-state index contributed by atoms with van der Waals surface area (Å²) in [6, 6.07) is 10.4. The van der Waals surface area contributed by atoms with E-state index in [4.69, 9.17) is 4.74 Å². The fourth-order valence-electron chi connectivity index (χ4n) is 3.64. The summed E-state index contributed by atoms with van der Waals surface area (Å²) in [7, 11) is 6.12. The van der Waals surface area contributed by atoms with Crippen molar-refractivity contribution in [2.45, 2.75) is 26.9 Å². The molecule has 0 bridgehead atoms. The van der Waals surface area contributed by atoms with E-state index in [0.717, 1.165) is 45.2 Å². The number of likely N-dealkylation sites (tertiary alicyclic amines) is 1. The zero-order valence-electron chi connectivity index (χ0n) is 17.2. The second-order valence-corrected chi connectivity index (χ2v) is 8.40. The van der Waals surface area contributed by atoms with Gasteiger partial charge in [-0.2, -0.15) is 0 Å². The SMILES string of the molecule is CN=C(NCC(C)(C)CN(C)C)N1CCC(COCc2ccccc2)C1. The Balaban J connectivity index is 1.73. The van der Waals surface area contributed by atoms with Crippen molar-refractivity contribution in [2.24, 2.45) is 16.3 Å². The van der Waals surface area contributed by atoms with Gasteiger partial charge in [0.25, 0.3) is 0 Å². The molecule has 0 aliphatic carbocycles. The molecule has 1 saturated heterocycles. The second kappa shape index (κ2) is 9.93. The second-order valence-electron chi connectivity index (χ2n) is 8.40. The number of benzene rings is 1. The van der Waals surface area contributed by atoms with Gasteiger partial charge in [-0.3, -0.25) is 4.99 Å². The topological polar surface area (TPSA) is 40.1 Å². The van der Waals surface area contributed by atoms with Crippen molar-refractivity contribution in [1.82, 2.24) is 15.1 Å². The lowest BCUT2D eigenvalue weighted by Crippen LogP contribution is -2.46. The molecule has 1 heterocycles. The fraction of sp³-hybridized carbons (Fsp3) is 0.667. The van der Waals surface area contributed by atoms with Gasteiger partial charge in [-0.1, -0.05) is 44.2 Å². The minimum Gasteiger partial charge on any atom is -0.376 e. The summed E-state index contributed by atoms with van der Waals surface area (Å²) in [5.41, 5.74) is 1.44. The van der Waals surface area contributed by atoms with Crippen LogP contribution < -0.4 is 5.32 Å². The zero-order valence-corrected chi connectivity index (χ0v) is 17.2. The van der Waals surface area contributed by atoms with Crippen molar-refractivity contribution >= 4 is 5.96 Å². The smallest absolute Gasteiger partial charge is 0.193 e. The van der Waals surface area contributed by atoms with E-state index in [1.807, 2.05) is 13.1 Å². The molecular formula is C21H36N4O. The fourth-order valence-corrected chi connectivity index (χ4v) is 3.64. The third-order valence-electron chi connectivity index (χ3n) is 4.73. The lowest BCUT2D eigenvalue weighted by Gasteiger charge is -2.31. The molecule has 1 aliphatic heterocycles. The van der Waals surface area contributed by atoms with Gasteiger partial charge in [0.1, 0.15) is 0 Å². The number of nitrogens with one attached hydrogen (secondary N) is 1. The maximum atomic E-state index is 5.93. The van der Waals surface area contributed by atoms with Crippen molar-refractivity contribution in [3.05, 3.63) is 35.9 Å². The van der Waals surface area contributed by atoms with E-state index in [-0.39, 0.29) is 5.41 Å². The van der Waals surface area contributed by atoms with Gasteiger partial charge in [-0.05, 0) is 31.5 Å². The van der Waals surface area contributed by atoms with Crippen LogP contribution in [0.3, 0.4) is 0 Å². The molecule has 1 fully saturated rings. The molecule has 1 N–H and O–H groups in total. The molecule has 5 nitrogen and oxygen atoms in total. The molecule has 1 aromatic carbocycles. The number of aliphatic imine (C=N–C) groups is 1. The highest BCUT2D eigenvalue weighted by atomic mass is 16.5. The molecule has 0 amide bonds. The molecule has 1 aliphatic rings. The summed E-state index contributed by atoms with van der Waals surface area (Å²) in [6.07, 6.45) is 1.16. The summed E-state index contributed by atoms with van der Waals surface area (Å²) in [5, 5.41) is 3.57. The molecular weight excluding hydrogens is 324 g/mol. The Labute approximate surface area is 159 Å². The van der Waals surface area contributed by atoms with Crippen LogP contribution in [0.1, 0.15) is 25.8 Å². The highest BCUT2D eigenvalue weighted by Gasteiger charge is 2.26. The number of rotatable bonds is 8. The summed E-state index contributed by atoms with van der Waals surface area (Å²) in [6.45, 7) is 10.1. The van der Waals surface area contributed by atoms with E-state index in [9.17, 15) is 0 Å². The van der Waals surface area contributed by atoms with Crippen LogP contribution in [-0.2, 0) is 11.3 Å². The maximum absolute atomic E-state index is 5.93. The lowest BCUT2D eigenvalue weighted by atomic mass is 9.93. The van der Waals surface area contributed by atoms with Crippen LogP contribution in [0.25, 0.3) is 0 Å². The van der Waals surface area contributed by atoms with Crippen molar-refractivity contribution in [2.75, 3.05) is 53.9 Å². The van der Waals surface area contributed by atoms with Crippen LogP contribution in [-0.4, -0.2) is 69.7 Å². The standard InChI is InChI=1S/C21H36N4O/c1-21(2,17-24(4)5)16-23-20(22-3)25-12-11-19(13-25)15-26-14-18-9-7-6-8-10-18/h6-10,19H,11-17H2,1-5H3,(H,22,23). The van der Waals surface area contributed by atoms with Gasteiger partial charge in [0.15, 0.2) is 5.96 Å². The first-order valence-corrected chi connectivity index (χ1v) is 9.61. The molecule has 0 aromatic heterocycles. The highest BCUT2D eigenvalue weighted by molar-refractivity contribution is 5.80. The van der Waals surface area contributed by atoms with Crippen molar-refractivity contribution in [1.29, 1.82) is 0 Å². The first kappa shape index (κ1) is 20.7. The van der Waals surface area contributed by atoms with Crippen molar-refractivity contribution in [3.63, 3.8) is 0 Å². The predicted molar refractivity (Wildman–Crippen MR) is 109 cm³/mol. The van der Waals surface area contributed by atoms with Gasteiger partial charge in [-0.25, -0.2) is 0 Å². The number of hydrogen-bond donors (Lipinski definition) is 1. The average molecular weight is 361 g/mol. The number of nitrogens with zero attached hydrogens (tertiary/aromatic N) is 3. The van der Waals surface area contributed by atoms with Gasteiger partial charge in [-0.15, -0.1) is 0 Å². The molecule has 2 rings (SSSR count). The molecule has 26 heavy (non-hydrogen) atoms. The van der Waals surface area contributed by atoms with Crippen LogP contribution in [0.5, 0.6) is 0 Å². The van der Waals surface area contributed by atoms with Crippen LogP contribution in [0.2, 0.25) is 0 Å². The summed E-state index contributed by atoms with van der Waals surface area (Å²) in [5.74, 6) is 1.59. The normalized spacial score (nSPS) is 18.6. The third-order valence-corrected chi connectivity index (χ3v) is 4.73. The van der Waals surface area contributed by atoms with Crippen LogP contribution in [0.4, 0.5) is 0 Å². The van der Waals surface area contributed by atoms with Crippen LogP contribution in [0.15, 0.2) is 35.3 Å². The zero-order chi connectivity index (χ0) is 19.0. The van der Waals surface area contributed by atoms with Gasteiger partial charge < -0.3 is 19.9 Å². The van der Waals surface area contributed by atoms with Crippen LogP contribution >= 0.6 is 0 Å². The Kier molecular flexibility index (Phi) is 7.91.